The Morgan fingerprint density at radius 2 is 2.42 bits per heavy atom. The van der Waals surface area contributed by atoms with E-state index in [1.54, 1.807) is 10.9 Å². The number of aliphatic hydroxyl groups is 2. The number of anilines is 1. The zero-order valence-electron chi connectivity index (χ0n) is 10.2. The number of nitrogens with one attached hydrogen (secondary N) is 1. The van der Waals surface area contributed by atoms with Gasteiger partial charge in [-0.15, -0.1) is 0 Å². The number of H-pyrrole nitrogens is 1. The fraction of sp³-hybridized carbons (Fsp3) is 0.545. The molecule has 0 amide bonds. The average Bonchev–Trinajstić information content (AvgIpc) is 3.02. The number of nitrogens with two attached hydrogens (primary N) is 1. The maximum atomic E-state index is 11.6. The van der Waals surface area contributed by atoms with E-state index < -0.39 is 6.10 Å². The first-order valence-corrected chi connectivity index (χ1v) is 6.09. The lowest BCUT2D eigenvalue weighted by Crippen LogP contribution is -2.17. The van der Waals surface area contributed by atoms with Gasteiger partial charge in [0.1, 0.15) is 0 Å². The Hall–Kier alpha value is -1.93. The first-order chi connectivity index (χ1) is 9.10. The summed E-state index contributed by atoms with van der Waals surface area (Å²) in [7, 11) is 0. The predicted octanol–water partition coefficient (Wildman–Crippen LogP) is -1.31. The summed E-state index contributed by atoms with van der Waals surface area (Å²) in [6, 6.07) is 0. The largest absolute Gasteiger partial charge is 0.394 e. The summed E-state index contributed by atoms with van der Waals surface area (Å²) in [5.74, 6) is 0.422. The Kier molecular flexibility index (Phi) is 2.76. The van der Waals surface area contributed by atoms with Gasteiger partial charge < -0.3 is 20.5 Å². The van der Waals surface area contributed by atoms with Gasteiger partial charge in [-0.2, -0.15) is 4.98 Å². The number of aliphatic hydroxyl groups excluding tert-OH is 2. The number of aromatic nitrogens is 4. The van der Waals surface area contributed by atoms with Crippen molar-refractivity contribution < 1.29 is 10.2 Å². The highest BCUT2D eigenvalue weighted by atomic mass is 16.3. The van der Waals surface area contributed by atoms with Crippen LogP contribution in [0.25, 0.3) is 11.2 Å². The molecule has 0 aliphatic heterocycles. The van der Waals surface area contributed by atoms with Crippen LogP contribution < -0.4 is 11.3 Å². The molecule has 19 heavy (non-hydrogen) atoms. The minimum Gasteiger partial charge on any atom is -0.394 e. The summed E-state index contributed by atoms with van der Waals surface area (Å²) in [4.78, 5) is 22.1. The fourth-order valence-electron chi connectivity index (χ4n) is 2.44. The Labute approximate surface area is 107 Å². The van der Waals surface area contributed by atoms with Crippen LogP contribution in [0.1, 0.15) is 6.42 Å². The van der Waals surface area contributed by atoms with E-state index >= 15 is 0 Å². The van der Waals surface area contributed by atoms with Crippen molar-refractivity contribution in [3.05, 3.63) is 16.7 Å². The highest BCUT2D eigenvalue weighted by molar-refractivity contribution is 5.70. The maximum absolute atomic E-state index is 11.6. The molecule has 0 radical (unpaired) electrons. The van der Waals surface area contributed by atoms with Crippen LogP contribution in [0.5, 0.6) is 0 Å². The van der Waals surface area contributed by atoms with Crippen molar-refractivity contribution in [2.75, 3.05) is 12.3 Å². The Bertz CT molecular complexity index is 664. The van der Waals surface area contributed by atoms with Crippen LogP contribution in [0.3, 0.4) is 0 Å². The van der Waals surface area contributed by atoms with Gasteiger partial charge in [0, 0.05) is 6.54 Å². The van der Waals surface area contributed by atoms with E-state index in [2.05, 4.69) is 15.0 Å². The van der Waals surface area contributed by atoms with Crippen LogP contribution in [-0.4, -0.2) is 42.4 Å². The molecule has 3 atom stereocenters. The number of imidazole rings is 1. The molecule has 0 bridgehead atoms. The van der Waals surface area contributed by atoms with Crippen molar-refractivity contribution in [3.8, 4) is 0 Å². The van der Waals surface area contributed by atoms with Crippen LogP contribution in [0.4, 0.5) is 5.95 Å². The third kappa shape index (κ3) is 2.08. The van der Waals surface area contributed by atoms with E-state index in [9.17, 15) is 9.90 Å². The first kappa shape index (κ1) is 12.1. The van der Waals surface area contributed by atoms with Crippen molar-refractivity contribution in [2.45, 2.75) is 19.1 Å². The van der Waals surface area contributed by atoms with Crippen LogP contribution in [0, 0.1) is 11.8 Å². The van der Waals surface area contributed by atoms with Gasteiger partial charge in [-0.25, -0.2) is 4.98 Å². The van der Waals surface area contributed by atoms with Crippen molar-refractivity contribution >= 4 is 17.1 Å². The monoisotopic (exact) mass is 265 g/mol. The molecule has 102 valence electrons. The van der Waals surface area contributed by atoms with Crippen LogP contribution in [0.2, 0.25) is 0 Å². The summed E-state index contributed by atoms with van der Waals surface area (Å²) in [5.41, 5.74) is 5.87. The quantitative estimate of drug-likeness (QED) is 0.543. The topological polar surface area (TPSA) is 130 Å². The summed E-state index contributed by atoms with van der Waals surface area (Å²) < 4.78 is 1.76. The van der Waals surface area contributed by atoms with Gasteiger partial charge in [-0.1, -0.05) is 0 Å². The molecule has 0 aromatic carbocycles. The average molecular weight is 265 g/mol. The zero-order chi connectivity index (χ0) is 13.6. The number of hydrogen-bond donors (Lipinski definition) is 4. The van der Waals surface area contributed by atoms with Gasteiger partial charge in [0.15, 0.2) is 11.2 Å². The minimum absolute atomic E-state index is 0.0574. The third-order valence-electron chi connectivity index (χ3n) is 3.58. The van der Waals surface area contributed by atoms with Crippen molar-refractivity contribution in [1.29, 1.82) is 0 Å². The van der Waals surface area contributed by atoms with E-state index in [0.29, 0.717) is 12.2 Å². The zero-order valence-corrected chi connectivity index (χ0v) is 10.2. The van der Waals surface area contributed by atoms with Gasteiger partial charge in [0.05, 0.1) is 19.0 Å². The lowest BCUT2D eigenvalue weighted by atomic mass is 10.2. The number of fused-ring (bicyclic) bond motifs is 1. The first-order valence-electron chi connectivity index (χ1n) is 6.09. The maximum Gasteiger partial charge on any atom is 0.280 e. The molecule has 8 nitrogen and oxygen atoms in total. The second-order valence-corrected chi connectivity index (χ2v) is 4.93. The minimum atomic E-state index is -0.679. The Morgan fingerprint density at radius 3 is 3.16 bits per heavy atom. The summed E-state index contributed by atoms with van der Waals surface area (Å²) in [6.07, 6.45) is 1.72. The molecule has 8 heteroatoms. The van der Waals surface area contributed by atoms with Gasteiger partial charge in [0.2, 0.25) is 5.95 Å². The molecule has 2 aromatic rings. The van der Waals surface area contributed by atoms with Gasteiger partial charge in [0.25, 0.3) is 5.56 Å². The lowest BCUT2D eigenvalue weighted by Gasteiger charge is -2.06. The van der Waals surface area contributed by atoms with E-state index in [1.807, 2.05) is 0 Å². The SMILES string of the molecule is Nc1nc2c(ncn2C[C@H]2C[C@H]2[C@H](O)CO)c(=O)[nH]1. The highest BCUT2D eigenvalue weighted by Crippen LogP contribution is 2.42. The van der Waals surface area contributed by atoms with Crippen molar-refractivity contribution in [2.24, 2.45) is 11.8 Å². The summed E-state index contributed by atoms with van der Waals surface area (Å²) in [5, 5.41) is 18.4. The lowest BCUT2D eigenvalue weighted by molar-refractivity contribution is 0.0729. The van der Waals surface area contributed by atoms with Crippen molar-refractivity contribution in [3.63, 3.8) is 0 Å². The molecule has 1 aliphatic rings. The Balaban J connectivity index is 1.85. The number of nitrogen functional groups attached to an aromatic ring is 1. The number of hydrogen-bond acceptors (Lipinski definition) is 6. The summed E-state index contributed by atoms with van der Waals surface area (Å²) in [6.45, 7) is 0.380. The fourth-order valence-corrected chi connectivity index (χ4v) is 2.44. The van der Waals surface area contributed by atoms with Crippen LogP contribution in [-0.2, 0) is 6.54 Å². The van der Waals surface area contributed by atoms with Crippen molar-refractivity contribution in [1.82, 2.24) is 19.5 Å². The summed E-state index contributed by atoms with van der Waals surface area (Å²) >= 11 is 0. The predicted molar refractivity (Wildman–Crippen MR) is 67.3 cm³/mol. The molecule has 5 N–H and O–H groups in total. The third-order valence-corrected chi connectivity index (χ3v) is 3.58. The number of nitrogens with zero attached hydrogens (tertiary/aromatic N) is 3. The van der Waals surface area contributed by atoms with Crippen LogP contribution >= 0.6 is 0 Å². The molecule has 0 spiro atoms. The molecule has 1 saturated carbocycles. The second-order valence-electron chi connectivity index (χ2n) is 4.93. The second kappa shape index (κ2) is 4.32. The standard InChI is InChI=1S/C11H15N5O3/c12-11-14-9-8(10(19)15-11)13-4-16(9)2-5-1-6(5)7(18)3-17/h4-7,17-18H,1-3H2,(H3,12,14,15,19)/t5-,6-,7-/m1/s1. The van der Waals surface area contributed by atoms with Gasteiger partial charge in [-0.05, 0) is 18.3 Å². The number of aromatic amines is 1. The molecular formula is C11H15N5O3. The molecular weight excluding hydrogens is 250 g/mol. The normalized spacial score (nSPS) is 23.7. The van der Waals surface area contributed by atoms with Gasteiger partial charge >= 0.3 is 0 Å². The highest BCUT2D eigenvalue weighted by Gasteiger charge is 2.42. The van der Waals surface area contributed by atoms with E-state index in [1.165, 1.54) is 0 Å². The molecule has 1 fully saturated rings. The smallest absolute Gasteiger partial charge is 0.280 e. The van der Waals surface area contributed by atoms with E-state index in [-0.39, 0.29) is 35.5 Å². The molecule has 1 aliphatic carbocycles. The number of rotatable bonds is 4. The molecule has 0 unspecified atom stereocenters. The Morgan fingerprint density at radius 1 is 1.63 bits per heavy atom. The molecule has 2 aromatic heterocycles. The van der Waals surface area contributed by atoms with E-state index in [4.69, 9.17) is 10.8 Å². The van der Waals surface area contributed by atoms with Gasteiger partial charge in [-0.3, -0.25) is 9.78 Å². The molecule has 3 rings (SSSR count). The molecule has 0 saturated heterocycles. The van der Waals surface area contributed by atoms with Crippen LogP contribution in [0.15, 0.2) is 11.1 Å². The van der Waals surface area contributed by atoms with E-state index in [0.717, 1.165) is 6.42 Å². The molecule has 2 heterocycles.